The van der Waals surface area contributed by atoms with Gasteiger partial charge in [0.15, 0.2) is 5.96 Å². The number of nitrogens with two attached hydrogens (primary N) is 1. The summed E-state index contributed by atoms with van der Waals surface area (Å²) in [4.78, 5) is 6.55. The molecule has 0 spiro atoms. The first-order valence-electron chi connectivity index (χ1n) is 6.11. The molecule has 1 heterocycles. The van der Waals surface area contributed by atoms with Gasteiger partial charge in [-0.3, -0.25) is 0 Å². The lowest BCUT2D eigenvalue weighted by Gasteiger charge is -2.27. The number of halogens is 1. The number of aliphatic imine (C=N–C) groups is 1. The normalized spacial score (nSPS) is 16.1. The molecule has 1 aromatic rings. The third-order valence-electron chi connectivity index (χ3n) is 3.04. The van der Waals surface area contributed by atoms with E-state index in [0.29, 0.717) is 12.5 Å². The topological polar surface area (TPSA) is 61.9 Å². The van der Waals surface area contributed by atoms with Crippen molar-refractivity contribution in [3.63, 3.8) is 0 Å². The molecule has 1 aliphatic rings. The summed E-state index contributed by atoms with van der Waals surface area (Å²) >= 11 is 1.95. The van der Waals surface area contributed by atoms with Crippen LogP contribution in [-0.4, -0.2) is 40.6 Å². The first-order valence-corrected chi connectivity index (χ1v) is 7.27. The number of rotatable bonds is 3. The lowest BCUT2D eigenvalue weighted by atomic mass is 10.1. The molecule has 106 valence electrons. The van der Waals surface area contributed by atoms with Gasteiger partial charge in [0.05, 0.1) is 13.2 Å². The van der Waals surface area contributed by atoms with Crippen molar-refractivity contribution in [2.24, 2.45) is 10.7 Å². The van der Waals surface area contributed by atoms with Gasteiger partial charge in [-0.1, -0.05) is 24.3 Å². The molecular weight excluding hydrogens is 373 g/mol. The van der Waals surface area contributed by atoms with Gasteiger partial charge in [-0.2, -0.15) is 11.8 Å². The summed E-state index contributed by atoms with van der Waals surface area (Å²) in [5, 5.41) is 9.24. The maximum Gasteiger partial charge on any atom is 0.191 e. The Morgan fingerprint density at radius 1 is 1.26 bits per heavy atom. The van der Waals surface area contributed by atoms with E-state index in [1.807, 2.05) is 36.0 Å². The van der Waals surface area contributed by atoms with Crippen LogP contribution in [0.1, 0.15) is 11.1 Å². The molecule has 0 bridgehead atoms. The highest BCUT2D eigenvalue weighted by Gasteiger charge is 2.12. The number of aliphatic hydroxyl groups is 1. The number of hydrogen-bond acceptors (Lipinski definition) is 3. The van der Waals surface area contributed by atoms with Gasteiger partial charge >= 0.3 is 0 Å². The fourth-order valence-electron chi connectivity index (χ4n) is 1.92. The monoisotopic (exact) mass is 393 g/mol. The molecular formula is C13H20IN3OS. The van der Waals surface area contributed by atoms with Crippen LogP contribution in [0, 0.1) is 0 Å². The number of thioether (sulfide) groups is 1. The van der Waals surface area contributed by atoms with Gasteiger partial charge in [-0.25, -0.2) is 4.99 Å². The maximum atomic E-state index is 9.24. The molecule has 0 atom stereocenters. The summed E-state index contributed by atoms with van der Waals surface area (Å²) in [6.07, 6.45) is 0. The molecule has 1 saturated heterocycles. The second-order valence-corrected chi connectivity index (χ2v) is 5.43. The Balaban J connectivity index is 0.00000180. The van der Waals surface area contributed by atoms with E-state index in [1.54, 1.807) is 0 Å². The molecule has 1 aromatic carbocycles. The van der Waals surface area contributed by atoms with Crippen LogP contribution < -0.4 is 5.73 Å². The third-order valence-corrected chi connectivity index (χ3v) is 3.98. The standard InChI is InChI=1S/C13H19N3OS.HI/c14-13(16-5-7-18-8-6-16)15-9-11-3-1-2-4-12(11)10-17;/h1-4,17H,5-10H2,(H2,14,15);1H. The predicted octanol–water partition coefficient (Wildman–Crippen LogP) is 1.66. The van der Waals surface area contributed by atoms with Gasteiger partial charge in [-0.05, 0) is 11.1 Å². The van der Waals surface area contributed by atoms with E-state index in [-0.39, 0.29) is 30.6 Å². The zero-order valence-corrected chi connectivity index (χ0v) is 13.9. The Kier molecular flexibility index (Phi) is 7.55. The van der Waals surface area contributed by atoms with Gasteiger partial charge in [0.25, 0.3) is 0 Å². The zero-order valence-electron chi connectivity index (χ0n) is 10.8. The number of benzene rings is 1. The minimum Gasteiger partial charge on any atom is -0.392 e. The first-order chi connectivity index (χ1) is 8.81. The SMILES string of the molecule is I.NC(=NCc1ccccc1CO)N1CCSCC1. The van der Waals surface area contributed by atoms with Crippen molar-refractivity contribution in [3.8, 4) is 0 Å². The van der Waals surface area contributed by atoms with Crippen molar-refractivity contribution >= 4 is 41.7 Å². The van der Waals surface area contributed by atoms with E-state index in [1.165, 1.54) is 0 Å². The molecule has 0 unspecified atom stereocenters. The van der Waals surface area contributed by atoms with Crippen molar-refractivity contribution < 1.29 is 5.11 Å². The van der Waals surface area contributed by atoms with Crippen LogP contribution in [0.25, 0.3) is 0 Å². The highest BCUT2D eigenvalue weighted by Crippen LogP contribution is 2.11. The average molecular weight is 393 g/mol. The first kappa shape index (κ1) is 16.6. The minimum absolute atomic E-state index is 0. The Hall–Kier alpha value is -0.470. The third kappa shape index (κ3) is 4.85. The maximum absolute atomic E-state index is 9.24. The molecule has 3 N–H and O–H groups in total. The molecule has 1 aliphatic heterocycles. The lowest BCUT2D eigenvalue weighted by molar-refractivity contribution is 0.280. The summed E-state index contributed by atoms with van der Waals surface area (Å²) in [7, 11) is 0. The van der Waals surface area contributed by atoms with E-state index in [4.69, 9.17) is 5.73 Å². The van der Waals surface area contributed by atoms with Crippen molar-refractivity contribution in [3.05, 3.63) is 35.4 Å². The predicted molar refractivity (Wildman–Crippen MR) is 92.0 cm³/mol. The molecule has 0 saturated carbocycles. The van der Waals surface area contributed by atoms with Crippen LogP contribution in [0.3, 0.4) is 0 Å². The minimum atomic E-state index is 0. The molecule has 1 fully saturated rings. The molecule has 0 amide bonds. The highest BCUT2D eigenvalue weighted by molar-refractivity contribution is 14.0. The Bertz CT molecular complexity index is 422. The number of nitrogens with zero attached hydrogens (tertiary/aromatic N) is 2. The fourth-order valence-corrected chi connectivity index (χ4v) is 2.83. The van der Waals surface area contributed by atoms with Gasteiger partial charge in [0.2, 0.25) is 0 Å². The van der Waals surface area contributed by atoms with Gasteiger partial charge in [0, 0.05) is 24.6 Å². The van der Waals surface area contributed by atoms with Crippen LogP contribution in [0.15, 0.2) is 29.3 Å². The van der Waals surface area contributed by atoms with Crippen LogP contribution >= 0.6 is 35.7 Å². The molecule has 0 aliphatic carbocycles. The van der Waals surface area contributed by atoms with E-state index >= 15 is 0 Å². The van der Waals surface area contributed by atoms with Crippen LogP contribution in [0.5, 0.6) is 0 Å². The van der Waals surface area contributed by atoms with Crippen LogP contribution in [0.2, 0.25) is 0 Å². The van der Waals surface area contributed by atoms with Crippen molar-refractivity contribution in [1.82, 2.24) is 4.90 Å². The fraction of sp³-hybridized carbons (Fsp3) is 0.462. The Morgan fingerprint density at radius 2 is 1.89 bits per heavy atom. The zero-order chi connectivity index (χ0) is 12.8. The molecule has 0 aromatic heterocycles. The van der Waals surface area contributed by atoms with E-state index < -0.39 is 0 Å². The van der Waals surface area contributed by atoms with E-state index in [9.17, 15) is 5.11 Å². The van der Waals surface area contributed by atoms with Gasteiger partial charge < -0.3 is 15.7 Å². The molecule has 19 heavy (non-hydrogen) atoms. The number of hydrogen-bond donors (Lipinski definition) is 2. The van der Waals surface area contributed by atoms with Crippen molar-refractivity contribution in [2.45, 2.75) is 13.2 Å². The Labute approximate surface area is 135 Å². The number of guanidine groups is 1. The molecule has 6 heteroatoms. The highest BCUT2D eigenvalue weighted by atomic mass is 127. The summed E-state index contributed by atoms with van der Waals surface area (Å²) in [5.41, 5.74) is 7.95. The summed E-state index contributed by atoms with van der Waals surface area (Å²) in [6, 6.07) is 7.77. The second kappa shape index (κ2) is 8.65. The summed E-state index contributed by atoms with van der Waals surface area (Å²) in [6.45, 7) is 2.53. The summed E-state index contributed by atoms with van der Waals surface area (Å²) < 4.78 is 0. The second-order valence-electron chi connectivity index (χ2n) is 4.20. The Morgan fingerprint density at radius 3 is 2.53 bits per heavy atom. The average Bonchev–Trinajstić information content (AvgIpc) is 2.46. The van der Waals surface area contributed by atoms with Crippen molar-refractivity contribution in [2.75, 3.05) is 24.6 Å². The van der Waals surface area contributed by atoms with Crippen LogP contribution in [0.4, 0.5) is 0 Å². The number of aliphatic hydroxyl groups excluding tert-OH is 1. The van der Waals surface area contributed by atoms with Gasteiger partial charge in [0.1, 0.15) is 0 Å². The smallest absolute Gasteiger partial charge is 0.191 e. The molecule has 4 nitrogen and oxygen atoms in total. The largest absolute Gasteiger partial charge is 0.392 e. The summed E-state index contributed by atoms with van der Waals surface area (Å²) in [5.74, 6) is 2.84. The molecule has 0 radical (unpaired) electrons. The lowest BCUT2D eigenvalue weighted by Crippen LogP contribution is -2.42. The molecule has 2 rings (SSSR count). The quantitative estimate of drug-likeness (QED) is 0.466. The van der Waals surface area contributed by atoms with E-state index in [0.717, 1.165) is 35.7 Å². The van der Waals surface area contributed by atoms with Crippen LogP contribution in [-0.2, 0) is 13.2 Å². The van der Waals surface area contributed by atoms with Gasteiger partial charge in [-0.15, -0.1) is 24.0 Å². The van der Waals surface area contributed by atoms with Crippen molar-refractivity contribution in [1.29, 1.82) is 0 Å². The van der Waals surface area contributed by atoms with E-state index in [2.05, 4.69) is 9.89 Å².